The first-order chi connectivity index (χ1) is 4.16. The zero-order valence-corrected chi connectivity index (χ0v) is 5.27. The van der Waals surface area contributed by atoms with Gasteiger partial charge < -0.3 is 5.32 Å². The van der Waals surface area contributed by atoms with Crippen molar-refractivity contribution in [2.45, 2.75) is 6.92 Å². The molecule has 0 bridgehead atoms. The Hall–Kier alpha value is -1.30. The molecule has 0 atom stereocenters. The monoisotopic (exact) mass is 124 g/mol. The van der Waals surface area contributed by atoms with Crippen LogP contribution in [0.15, 0.2) is 12.2 Å². The van der Waals surface area contributed by atoms with Crippen molar-refractivity contribution in [3.63, 3.8) is 0 Å². The molecule has 0 unspecified atom stereocenters. The van der Waals surface area contributed by atoms with E-state index in [0.717, 1.165) is 0 Å². The maximum Gasteiger partial charge on any atom is 0.217 e. The molecule has 0 saturated heterocycles. The van der Waals surface area contributed by atoms with E-state index in [1.165, 1.54) is 6.92 Å². The van der Waals surface area contributed by atoms with Crippen LogP contribution in [0.25, 0.3) is 0 Å². The fourth-order valence-corrected chi connectivity index (χ4v) is 0.271. The number of rotatable bonds is 2. The van der Waals surface area contributed by atoms with Crippen LogP contribution in [-0.4, -0.2) is 12.5 Å². The molecule has 0 rings (SSSR count). The van der Waals surface area contributed by atoms with Gasteiger partial charge in [-0.2, -0.15) is 5.26 Å². The third-order valence-electron chi connectivity index (χ3n) is 0.709. The molecule has 0 radical (unpaired) electrons. The fourth-order valence-electron chi connectivity index (χ4n) is 0.271. The van der Waals surface area contributed by atoms with E-state index in [9.17, 15) is 4.79 Å². The van der Waals surface area contributed by atoms with E-state index in [1.807, 2.05) is 6.07 Å². The first-order valence-corrected chi connectivity index (χ1v) is 2.49. The maximum atomic E-state index is 10.2. The van der Waals surface area contributed by atoms with E-state index in [0.29, 0.717) is 5.57 Å². The normalized spacial score (nSPS) is 7.56. The number of nitrogens with zero attached hydrogens (tertiary/aromatic N) is 1. The highest BCUT2D eigenvalue weighted by Crippen LogP contribution is 1.80. The number of carbonyl (C=O) groups is 1. The Labute approximate surface area is 54.0 Å². The topological polar surface area (TPSA) is 52.9 Å². The molecule has 0 heterocycles. The number of amides is 1. The molecule has 1 amide bonds. The van der Waals surface area contributed by atoms with Gasteiger partial charge in [0.15, 0.2) is 0 Å². The maximum absolute atomic E-state index is 10.2. The van der Waals surface area contributed by atoms with Gasteiger partial charge in [0, 0.05) is 12.5 Å². The largest absolute Gasteiger partial charge is 0.352 e. The lowest BCUT2D eigenvalue weighted by Crippen LogP contribution is -2.21. The van der Waals surface area contributed by atoms with E-state index in [1.54, 1.807) is 0 Å². The zero-order chi connectivity index (χ0) is 7.28. The molecule has 0 aromatic heterocycles. The van der Waals surface area contributed by atoms with Gasteiger partial charge in [0.25, 0.3) is 0 Å². The number of hydrogen-bond donors (Lipinski definition) is 1. The first kappa shape index (κ1) is 7.70. The molecule has 0 aromatic rings. The summed E-state index contributed by atoms with van der Waals surface area (Å²) in [5.74, 6) is -0.147. The second-order valence-corrected chi connectivity index (χ2v) is 1.63. The van der Waals surface area contributed by atoms with Gasteiger partial charge in [0.2, 0.25) is 5.91 Å². The zero-order valence-electron chi connectivity index (χ0n) is 5.27. The predicted molar refractivity (Wildman–Crippen MR) is 33.4 cm³/mol. The van der Waals surface area contributed by atoms with E-state index in [4.69, 9.17) is 5.26 Å². The van der Waals surface area contributed by atoms with Crippen molar-refractivity contribution < 1.29 is 4.79 Å². The molecule has 0 fully saturated rings. The SMILES string of the molecule is C=C(C#N)CNC(C)=O. The van der Waals surface area contributed by atoms with E-state index in [-0.39, 0.29) is 12.5 Å². The second kappa shape index (κ2) is 3.67. The summed E-state index contributed by atoms with van der Waals surface area (Å²) in [5, 5.41) is 10.6. The Morgan fingerprint density at radius 3 is 2.78 bits per heavy atom. The minimum Gasteiger partial charge on any atom is -0.352 e. The first-order valence-electron chi connectivity index (χ1n) is 2.49. The molecule has 3 nitrogen and oxygen atoms in total. The predicted octanol–water partition coefficient (Wildman–Crippen LogP) is 0.202. The summed E-state index contributed by atoms with van der Waals surface area (Å²) in [6.45, 7) is 5.02. The van der Waals surface area contributed by atoms with Gasteiger partial charge >= 0.3 is 0 Å². The van der Waals surface area contributed by atoms with Gasteiger partial charge in [-0.15, -0.1) is 0 Å². The lowest BCUT2D eigenvalue weighted by molar-refractivity contribution is -0.118. The van der Waals surface area contributed by atoms with Crippen LogP contribution in [0.4, 0.5) is 0 Å². The van der Waals surface area contributed by atoms with Gasteiger partial charge in [-0.1, -0.05) is 6.58 Å². The summed E-state index contributed by atoms with van der Waals surface area (Å²) in [6.07, 6.45) is 0. The van der Waals surface area contributed by atoms with Crippen LogP contribution in [0.1, 0.15) is 6.92 Å². The molecule has 0 aromatic carbocycles. The molecule has 9 heavy (non-hydrogen) atoms. The van der Waals surface area contributed by atoms with Crippen LogP contribution in [-0.2, 0) is 4.79 Å². The molecular formula is C6H8N2O. The van der Waals surface area contributed by atoms with Gasteiger partial charge in [-0.05, 0) is 0 Å². The van der Waals surface area contributed by atoms with Crippen molar-refractivity contribution in [2.24, 2.45) is 0 Å². The van der Waals surface area contributed by atoms with Crippen LogP contribution >= 0.6 is 0 Å². The average molecular weight is 124 g/mol. The standard InChI is InChI=1S/C6H8N2O/c1-5(3-7)4-8-6(2)9/h1,4H2,2H3,(H,8,9). The summed E-state index contributed by atoms with van der Waals surface area (Å²) in [5.41, 5.74) is 0.366. The minimum atomic E-state index is -0.147. The summed E-state index contributed by atoms with van der Waals surface area (Å²) in [6, 6.07) is 1.81. The Bertz CT molecular complexity index is 166. The van der Waals surface area contributed by atoms with Crippen LogP contribution < -0.4 is 5.32 Å². The Morgan fingerprint density at radius 2 is 2.44 bits per heavy atom. The van der Waals surface area contributed by atoms with Gasteiger partial charge in [-0.3, -0.25) is 4.79 Å². The Morgan fingerprint density at radius 1 is 1.89 bits per heavy atom. The number of nitriles is 1. The molecule has 0 aliphatic carbocycles. The van der Waals surface area contributed by atoms with E-state index < -0.39 is 0 Å². The highest BCUT2D eigenvalue weighted by atomic mass is 16.1. The highest BCUT2D eigenvalue weighted by Gasteiger charge is 1.91. The van der Waals surface area contributed by atoms with Crippen LogP contribution in [0, 0.1) is 11.3 Å². The van der Waals surface area contributed by atoms with Gasteiger partial charge in [-0.25, -0.2) is 0 Å². The molecule has 48 valence electrons. The van der Waals surface area contributed by atoms with Crippen molar-refractivity contribution in [2.75, 3.05) is 6.54 Å². The summed E-state index contributed by atoms with van der Waals surface area (Å²) >= 11 is 0. The molecule has 0 aliphatic rings. The van der Waals surface area contributed by atoms with Gasteiger partial charge in [0.05, 0.1) is 12.6 Å². The molecule has 3 heteroatoms. The molecule has 0 saturated carbocycles. The van der Waals surface area contributed by atoms with E-state index >= 15 is 0 Å². The summed E-state index contributed by atoms with van der Waals surface area (Å²) in [4.78, 5) is 10.2. The summed E-state index contributed by atoms with van der Waals surface area (Å²) < 4.78 is 0. The van der Waals surface area contributed by atoms with Crippen molar-refractivity contribution in [3.05, 3.63) is 12.2 Å². The Kier molecular flexibility index (Phi) is 3.14. The van der Waals surface area contributed by atoms with Crippen LogP contribution in [0.2, 0.25) is 0 Å². The molecule has 0 spiro atoms. The lowest BCUT2D eigenvalue weighted by Gasteiger charge is -1.95. The quantitative estimate of drug-likeness (QED) is 0.535. The van der Waals surface area contributed by atoms with E-state index in [2.05, 4.69) is 11.9 Å². The van der Waals surface area contributed by atoms with Crippen LogP contribution in [0.3, 0.4) is 0 Å². The molecular weight excluding hydrogens is 116 g/mol. The third-order valence-corrected chi connectivity index (χ3v) is 0.709. The van der Waals surface area contributed by atoms with Crippen molar-refractivity contribution in [3.8, 4) is 6.07 Å². The van der Waals surface area contributed by atoms with Crippen molar-refractivity contribution in [1.29, 1.82) is 5.26 Å². The fraction of sp³-hybridized carbons (Fsp3) is 0.333. The minimum absolute atomic E-state index is 0.147. The lowest BCUT2D eigenvalue weighted by atomic mass is 10.3. The third kappa shape index (κ3) is 4.56. The number of nitrogens with one attached hydrogen (secondary N) is 1. The highest BCUT2D eigenvalue weighted by molar-refractivity contribution is 5.73. The van der Waals surface area contributed by atoms with Gasteiger partial charge in [0.1, 0.15) is 0 Å². The molecule has 0 aliphatic heterocycles. The number of carbonyl (C=O) groups excluding carboxylic acids is 1. The van der Waals surface area contributed by atoms with Crippen molar-refractivity contribution >= 4 is 5.91 Å². The van der Waals surface area contributed by atoms with Crippen LogP contribution in [0.5, 0.6) is 0 Å². The number of hydrogen-bond acceptors (Lipinski definition) is 2. The Balaban J connectivity index is 3.43. The summed E-state index contributed by atoms with van der Waals surface area (Å²) in [7, 11) is 0. The van der Waals surface area contributed by atoms with Crippen molar-refractivity contribution in [1.82, 2.24) is 5.32 Å². The molecule has 1 N–H and O–H groups in total. The smallest absolute Gasteiger partial charge is 0.217 e. The average Bonchev–Trinajstić information content (AvgIpc) is 1.83. The second-order valence-electron chi connectivity index (χ2n) is 1.63.